The summed E-state index contributed by atoms with van der Waals surface area (Å²) in [6.07, 6.45) is 0. The van der Waals surface area contributed by atoms with E-state index in [2.05, 4.69) is 10.6 Å². The van der Waals surface area contributed by atoms with E-state index in [4.69, 9.17) is 0 Å². The zero-order valence-corrected chi connectivity index (χ0v) is 10.4. The number of carbonyl (C=O) groups is 1. The molecule has 0 spiro atoms. The predicted molar refractivity (Wildman–Crippen MR) is 69.3 cm³/mol. The van der Waals surface area contributed by atoms with Gasteiger partial charge in [0.25, 0.3) is 0 Å². The zero-order chi connectivity index (χ0) is 12.3. The average molecular weight is 233 g/mol. The smallest absolute Gasteiger partial charge is 0.321 e. The van der Waals surface area contributed by atoms with Gasteiger partial charge >= 0.3 is 6.03 Å². The molecule has 1 atom stereocenters. The molecule has 0 aromatic heterocycles. The minimum absolute atomic E-state index is 0.00112. The second kappa shape index (κ2) is 5.19. The van der Waals surface area contributed by atoms with Crippen molar-refractivity contribution in [1.82, 2.24) is 10.6 Å². The Bertz CT molecular complexity index is 388. The molecule has 0 saturated carbocycles. The van der Waals surface area contributed by atoms with E-state index in [1.165, 1.54) is 5.56 Å². The van der Waals surface area contributed by atoms with Gasteiger partial charge in [0.05, 0.1) is 0 Å². The molecule has 0 aliphatic carbocycles. The zero-order valence-electron chi connectivity index (χ0n) is 10.4. The van der Waals surface area contributed by atoms with Crippen molar-refractivity contribution in [3.63, 3.8) is 0 Å². The number of nitrogens with one attached hydrogen (secondary N) is 2. The molecule has 2 rings (SSSR count). The standard InChI is InChI=1S/C13H19N3O/c1-10-3-5-12(6-4-10)16-9-11(7-14-2)8-15-13(16)17/h3-6,11,14H,7-9H2,1-2H3,(H,15,17). The number of nitrogens with zero attached hydrogens (tertiary/aromatic N) is 1. The molecule has 1 aromatic rings. The second-order valence-electron chi connectivity index (χ2n) is 4.56. The van der Waals surface area contributed by atoms with E-state index < -0.39 is 0 Å². The number of benzene rings is 1. The summed E-state index contributed by atoms with van der Waals surface area (Å²) in [4.78, 5) is 13.6. The first kappa shape index (κ1) is 11.9. The van der Waals surface area contributed by atoms with Crippen LogP contribution in [-0.2, 0) is 0 Å². The molecule has 92 valence electrons. The number of amides is 2. The largest absolute Gasteiger partial charge is 0.337 e. The maximum Gasteiger partial charge on any atom is 0.321 e. The fourth-order valence-electron chi connectivity index (χ4n) is 2.11. The quantitative estimate of drug-likeness (QED) is 0.828. The fraction of sp³-hybridized carbons (Fsp3) is 0.462. The molecule has 1 aliphatic rings. The van der Waals surface area contributed by atoms with Gasteiger partial charge < -0.3 is 10.6 Å². The van der Waals surface area contributed by atoms with Crippen LogP contribution >= 0.6 is 0 Å². The van der Waals surface area contributed by atoms with Crippen molar-refractivity contribution in [2.24, 2.45) is 5.92 Å². The number of rotatable bonds is 3. The number of aryl methyl sites for hydroxylation is 1. The van der Waals surface area contributed by atoms with E-state index >= 15 is 0 Å². The molecule has 0 bridgehead atoms. The van der Waals surface area contributed by atoms with Crippen molar-refractivity contribution in [1.29, 1.82) is 0 Å². The highest BCUT2D eigenvalue weighted by atomic mass is 16.2. The van der Waals surface area contributed by atoms with Crippen LogP contribution in [0.25, 0.3) is 0 Å². The Morgan fingerprint density at radius 1 is 1.41 bits per heavy atom. The van der Waals surface area contributed by atoms with Crippen LogP contribution in [0.2, 0.25) is 0 Å². The van der Waals surface area contributed by atoms with Gasteiger partial charge in [0, 0.05) is 31.2 Å². The van der Waals surface area contributed by atoms with Crippen LogP contribution in [0.5, 0.6) is 0 Å². The molecule has 4 nitrogen and oxygen atoms in total. The van der Waals surface area contributed by atoms with E-state index in [1.54, 1.807) is 0 Å². The van der Waals surface area contributed by atoms with Gasteiger partial charge in [-0.1, -0.05) is 17.7 Å². The van der Waals surface area contributed by atoms with Gasteiger partial charge in [-0.3, -0.25) is 4.90 Å². The molecule has 4 heteroatoms. The monoisotopic (exact) mass is 233 g/mol. The van der Waals surface area contributed by atoms with Crippen LogP contribution in [0.1, 0.15) is 5.56 Å². The highest BCUT2D eigenvalue weighted by Crippen LogP contribution is 2.18. The van der Waals surface area contributed by atoms with Crippen molar-refractivity contribution in [2.75, 3.05) is 31.6 Å². The van der Waals surface area contributed by atoms with Gasteiger partial charge in [-0.05, 0) is 26.1 Å². The Morgan fingerprint density at radius 2 is 2.12 bits per heavy atom. The molecule has 1 unspecified atom stereocenters. The van der Waals surface area contributed by atoms with Crippen LogP contribution < -0.4 is 15.5 Å². The lowest BCUT2D eigenvalue weighted by Gasteiger charge is -2.33. The summed E-state index contributed by atoms with van der Waals surface area (Å²) in [5.74, 6) is 0.457. The molecule has 0 radical (unpaired) electrons. The summed E-state index contributed by atoms with van der Waals surface area (Å²) < 4.78 is 0. The van der Waals surface area contributed by atoms with E-state index in [0.29, 0.717) is 5.92 Å². The maximum absolute atomic E-state index is 11.8. The summed E-state index contributed by atoms with van der Waals surface area (Å²) in [7, 11) is 1.94. The Balaban J connectivity index is 2.12. The molecular weight excluding hydrogens is 214 g/mol. The number of hydrogen-bond acceptors (Lipinski definition) is 2. The number of anilines is 1. The topological polar surface area (TPSA) is 44.4 Å². The molecule has 1 saturated heterocycles. The van der Waals surface area contributed by atoms with Gasteiger partial charge in [0.2, 0.25) is 0 Å². The summed E-state index contributed by atoms with van der Waals surface area (Å²) in [6.45, 7) is 4.49. The summed E-state index contributed by atoms with van der Waals surface area (Å²) in [6, 6.07) is 8.06. The highest BCUT2D eigenvalue weighted by molar-refractivity contribution is 5.92. The molecule has 2 amide bonds. The van der Waals surface area contributed by atoms with Crippen molar-refractivity contribution in [2.45, 2.75) is 6.92 Å². The minimum atomic E-state index is 0.00112. The fourth-order valence-corrected chi connectivity index (χ4v) is 2.11. The SMILES string of the molecule is CNCC1CNC(=O)N(c2ccc(C)cc2)C1. The van der Waals surface area contributed by atoms with Crippen LogP contribution in [0.3, 0.4) is 0 Å². The van der Waals surface area contributed by atoms with Crippen LogP contribution in [0, 0.1) is 12.8 Å². The predicted octanol–water partition coefficient (Wildman–Crippen LogP) is 1.36. The summed E-state index contributed by atoms with van der Waals surface area (Å²) >= 11 is 0. The van der Waals surface area contributed by atoms with E-state index in [9.17, 15) is 4.79 Å². The average Bonchev–Trinajstić information content (AvgIpc) is 2.33. The van der Waals surface area contributed by atoms with Gasteiger partial charge in [-0.15, -0.1) is 0 Å². The van der Waals surface area contributed by atoms with Crippen LogP contribution in [0.4, 0.5) is 10.5 Å². The normalized spacial score (nSPS) is 20.2. The Labute approximate surface area is 102 Å². The second-order valence-corrected chi connectivity index (χ2v) is 4.56. The summed E-state index contributed by atoms with van der Waals surface area (Å²) in [5, 5.41) is 6.08. The van der Waals surface area contributed by atoms with Gasteiger partial charge in [-0.25, -0.2) is 4.79 Å². The van der Waals surface area contributed by atoms with Crippen molar-refractivity contribution < 1.29 is 4.79 Å². The lowest BCUT2D eigenvalue weighted by molar-refractivity contribution is 0.236. The molecule has 1 aromatic carbocycles. The number of carbonyl (C=O) groups excluding carboxylic acids is 1. The van der Waals surface area contributed by atoms with E-state index in [1.807, 2.05) is 43.1 Å². The third-order valence-electron chi connectivity index (χ3n) is 3.07. The molecule has 17 heavy (non-hydrogen) atoms. The van der Waals surface area contributed by atoms with E-state index in [-0.39, 0.29) is 6.03 Å². The van der Waals surface area contributed by atoms with Crippen LogP contribution in [0.15, 0.2) is 24.3 Å². The minimum Gasteiger partial charge on any atom is -0.337 e. The third kappa shape index (κ3) is 2.77. The lowest BCUT2D eigenvalue weighted by Crippen LogP contribution is -2.53. The van der Waals surface area contributed by atoms with Gasteiger partial charge in [0.15, 0.2) is 0 Å². The number of urea groups is 1. The summed E-state index contributed by atoms with van der Waals surface area (Å²) in [5.41, 5.74) is 2.17. The van der Waals surface area contributed by atoms with Gasteiger partial charge in [-0.2, -0.15) is 0 Å². The highest BCUT2D eigenvalue weighted by Gasteiger charge is 2.25. The van der Waals surface area contributed by atoms with Gasteiger partial charge in [0.1, 0.15) is 0 Å². The first-order chi connectivity index (χ1) is 8.20. The third-order valence-corrected chi connectivity index (χ3v) is 3.07. The molecular formula is C13H19N3O. The van der Waals surface area contributed by atoms with Crippen molar-refractivity contribution in [3.8, 4) is 0 Å². The first-order valence-electron chi connectivity index (χ1n) is 5.97. The Kier molecular flexibility index (Phi) is 3.64. The molecule has 1 heterocycles. The molecule has 1 aliphatic heterocycles. The van der Waals surface area contributed by atoms with E-state index in [0.717, 1.165) is 25.3 Å². The Morgan fingerprint density at radius 3 is 2.76 bits per heavy atom. The first-order valence-corrected chi connectivity index (χ1v) is 5.97. The van der Waals surface area contributed by atoms with Crippen LogP contribution in [-0.4, -0.2) is 32.7 Å². The molecule has 2 N–H and O–H groups in total. The number of hydrogen-bond donors (Lipinski definition) is 2. The molecule has 1 fully saturated rings. The maximum atomic E-state index is 11.8. The lowest BCUT2D eigenvalue weighted by atomic mass is 10.1. The van der Waals surface area contributed by atoms with Crippen molar-refractivity contribution >= 4 is 11.7 Å². The van der Waals surface area contributed by atoms with Crippen molar-refractivity contribution in [3.05, 3.63) is 29.8 Å². The Hall–Kier alpha value is -1.55.